The van der Waals surface area contributed by atoms with Crippen molar-refractivity contribution in [1.29, 1.82) is 0 Å². The van der Waals surface area contributed by atoms with Crippen molar-refractivity contribution in [3.05, 3.63) is 41.8 Å². The van der Waals surface area contributed by atoms with Gasteiger partial charge in [0.05, 0.1) is 23.9 Å². The van der Waals surface area contributed by atoms with E-state index in [-0.39, 0.29) is 28.9 Å². The molecule has 1 fully saturated rings. The van der Waals surface area contributed by atoms with Crippen molar-refractivity contribution in [2.24, 2.45) is 27.5 Å². The molecule has 5 N–H and O–H groups in total. The summed E-state index contributed by atoms with van der Waals surface area (Å²) in [6.07, 6.45) is -0.0799. The number of nitrogens with one attached hydrogen (secondary N) is 1. The highest BCUT2D eigenvalue weighted by molar-refractivity contribution is 7.97. The fraction of sp³-hybridized carbons (Fsp3) is 0.500. The molecule has 1 aromatic heterocycles. The standard InChI is InChI=1S/C22H29F5N8OS/c1-13(2)32-10-16(19-30-5-4-6-31-19)18(29)20(36)35-12-21(23,24)7-14(3)17(35)11-37-34-33-9-15(8-28)22(25,26)27/h4-6,8-10,13-14,17,34H,7,11-12,28-29H2,1-3H3. The SMILES string of the molecule is CC(C)N=CC(=C(N)C(=O)N1CC(F)(F)CC(C)C1CSNN=CC(=CN)C(F)(F)F)c1ncccn1. The number of alkyl halides is 5. The van der Waals surface area contributed by atoms with Gasteiger partial charge in [-0.2, -0.15) is 18.3 Å². The van der Waals surface area contributed by atoms with Gasteiger partial charge in [-0.3, -0.25) is 14.6 Å². The highest BCUT2D eigenvalue weighted by Crippen LogP contribution is 2.36. The minimum absolute atomic E-state index is 0.0402. The minimum atomic E-state index is -4.68. The molecule has 9 nitrogen and oxygen atoms in total. The normalized spacial score (nSPS) is 21.5. The number of nitrogens with zero attached hydrogens (tertiary/aromatic N) is 5. The number of rotatable bonds is 9. The second-order valence-electron chi connectivity index (χ2n) is 8.59. The van der Waals surface area contributed by atoms with Gasteiger partial charge in [-0.25, -0.2) is 18.7 Å². The van der Waals surface area contributed by atoms with E-state index in [1.165, 1.54) is 18.6 Å². The number of hydrogen-bond donors (Lipinski definition) is 3. The summed E-state index contributed by atoms with van der Waals surface area (Å²) in [5.41, 5.74) is 9.70. The zero-order valence-electron chi connectivity index (χ0n) is 20.4. The molecule has 1 aromatic rings. The number of carbonyl (C=O) groups excluding carboxylic acids is 1. The van der Waals surface area contributed by atoms with Crippen molar-refractivity contribution in [2.75, 3.05) is 12.3 Å². The number of piperidine rings is 1. The Morgan fingerprint density at radius 2 is 1.97 bits per heavy atom. The Morgan fingerprint density at radius 1 is 1.32 bits per heavy atom. The van der Waals surface area contributed by atoms with Crippen LogP contribution in [0, 0.1) is 5.92 Å². The molecule has 1 aliphatic heterocycles. The summed E-state index contributed by atoms with van der Waals surface area (Å²) in [4.78, 5) is 29.2. The number of hydrazone groups is 1. The molecule has 0 spiro atoms. The third-order valence-corrected chi connectivity index (χ3v) is 5.99. The van der Waals surface area contributed by atoms with E-state index in [1.54, 1.807) is 26.8 Å². The van der Waals surface area contributed by atoms with Gasteiger partial charge < -0.3 is 16.4 Å². The fourth-order valence-corrected chi connectivity index (χ4v) is 4.35. The number of allylic oxidation sites excluding steroid dienone is 2. The molecule has 2 heterocycles. The number of aromatic nitrogens is 2. The summed E-state index contributed by atoms with van der Waals surface area (Å²) in [5, 5.41) is 3.46. The molecule has 2 atom stereocenters. The third kappa shape index (κ3) is 8.68. The van der Waals surface area contributed by atoms with Crippen LogP contribution in [-0.2, 0) is 4.79 Å². The van der Waals surface area contributed by atoms with Crippen LogP contribution in [0.4, 0.5) is 22.0 Å². The van der Waals surface area contributed by atoms with Crippen LogP contribution in [0.2, 0.25) is 0 Å². The van der Waals surface area contributed by atoms with E-state index < -0.39 is 48.5 Å². The minimum Gasteiger partial charge on any atom is -0.404 e. The van der Waals surface area contributed by atoms with Crippen molar-refractivity contribution in [3.63, 3.8) is 0 Å². The molecule has 37 heavy (non-hydrogen) atoms. The van der Waals surface area contributed by atoms with E-state index in [4.69, 9.17) is 11.5 Å². The van der Waals surface area contributed by atoms with Crippen molar-refractivity contribution < 1.29 is 26.7 Å². The second-order valence-corrected chi connectivity index (χ2v) is 9.39. The van der Waals surface area contributed by atoms with E-state index in [9.17, 15) is 26.7 Å². The maximum absolute atomic E-state index is 14.5. The Hall–Kier alpha value is -3.23. The molecule has 0 aromatic carbocycles. The molecule has 2 unspecified atom stereocenters. The molecule has 0 radical (unpaired) electrons. The summed E-state index contributed by atoms with van der Waals surface area (Å²) in [7, 11) is 0. The molecule has 0 bridgehead atoms. The fourth-order valence-electron chi connectivity index (χ4n) is 3.47. The first-order valence-corrected chi connectivity index (χ1v) is 12.1. The average molecular weight is 549 g/mol. The lowest BCUT2D eigenvalue weighted by Gasteiger charge is -2.43. The van der Waals surface area contributed by atoms with Crippen LogP contribution in [0.1, 0.15) is 33.0 Å². The molecule has 0 aliphatic carbocycles. The number of carbonyl (C=O) groups is 1. The Labute approximate surface area is 215 Å². The number of nitrogens with two attached hydrogens (primary N) is 2. The van der Waals surface area contributed by atoms with Crippen LogP contribution in [0.5, 0.6) is 0 Å². The van der Waals surface area contributed by atoms with Gasteiger partial charge in [0.1, 0.15) is 5.70 Å². The molecule has 15 heteroatoms. The predicted octanol–water partition coefficient (Wildman–Crippen LogP) is 3.13. The molecule has 1 saturated heterocycles. The van der Waals surface area contributed by atoms with Crippen LogP contribution >= 0.6 is 11.9 Å². The Balaban J connectivity index is 2.30. The summed E-state index contributed by atoms with van der Waals surface area (Å²) in [5.74, 6) is -4.54. The third-order valence-electron chi connectivity index (χ3n) is 5.25. The summed E-state index contributed by atoms with van der Waals surface area (Å²) < 4.78 is 67.2. The molecular formula is C22H29F5N8OS. The van der Waals surface area contributed by atoms with Crippen LogP contribution in [0.3, 0.4) is 0 Å². The molecule has 1 aliphatic rings. The van der Waals surface area contributed by atoms with Gasteiger partial charge >= 0.3 is 6.18 Å². The van der Waals surface area contributed by atoms with Gasteiger partial charge in [0, 0.05) is 49.1 Å². The van der Waals surface area contributed by atoms with Crippen LogP contribution < -0.4 is 16.3 Å². The first-order chi connectivity index (χ1) is 17.3. The Kier molecular flexibility index (Phi) is 10.4. The number of aliphatic imine (C=N–C) groups is 1. The van der Waals surface area contributed by atoms with E-state index in [0.29, 0.717) is 12.4 Å². The van der Waals surface area contributed by atoms with Gasteiger partial charge in [-0.05, 0) is 37.8 Å². The average Bonchev–Trinajstić information content (AvgIpc) is 2.80. The lowest BCUT2D eigenvalue weighted by atomic mass is 9.89. The van der Waals surface area contributed by atoms with Crippen molar-refractivity contribution in [2.45, 2.75) is 51.4 Å². The van der Waals surface area contributed by atoms with Crippen LogP contribution in [0.15, 0.2) is 46.0 Å². The zero-order chi connectivity index (χ0) is 27.8. The van der Waals surface area contributed by atoms with Gasteiger partial charge in [-0.1, -0.05) is 6.92 Å². The predicted molar refractivity (Wildman–Crippen MR) is 133 cm³/mol. The lowest BCUT2D eigenvalue weighted by molar-refractivity contribution is -0.147. The quantitative estimate of drug-likeness (QED) is 0.108. The zero-order valence-corrected chi connectivity index (χ0v) is 21.2. The second kappa shape index (κ2) is 12.8. The summed E-state index contributed by atoms with van der Waals surface area (Å²) >= 11 is 0.849. The van der Waals surface area contributed by atoms with E-state index in [0.717, 1.165) is 16.8 Å². The molecule has 0 saturated carbocycles. The lowest BCUT2D eigenvalue weighted by Crippen LogP contribution is -2.57. The van der Waals surface area contributed by atoms with Gasteiger partial charge in [0.15, 0.2) is 5.82 Å². The molecule has 2 rings (SSSR count). The molecular weight excluding hydrogens is 519 g/mol. The highest BCUT2D eigenvalue weighted by Gasteiger charge is 2.46. The highest BCUT2D eigenvalue weighted by atomic mass is 32.2. The number of likely N-dealkylation sites (tertiary alicyclic amines) is 1. The Bertz CT molecular complexity index is 1040. The van der Waals surface area contributed by atoms with Gasteiger partial charge in [-0.15, -0.1) is 0 Å². The smallest absolute Gasteiger partial charge is 0.404 e. The first kappa shape index (κ1) is 30.0. The van der Waals surface area contributed by atoms with Crippen LogP contribution in [0.25, 0.3) is 5.57 Å². The first-order valence-electron chi connectivity index (χ1n) is 11.1. The monoisotopic (exact) mass is 548 g/mol. The van der Waals surface area contributed by atoms with Crippen molar-refractivity contribution in [1.82, 2.24) is 19.7 Å². The molecule has 1 amide bonds. The number of amides is 1. The van der Waals surface area contributed by atoms with E-state index in [1.807, 2.05) is 0 Å². The molecule has 204 valence electrons. The Morgan fingerprint density at radius 3 is 2.54 bits per heavy atom. The topological polar surface area (TPSA) is 135 Å². The van der Waals surface area contributed by atoms with Gasteiger partial charge in [0.25, 0.3) is 11.8 Å². The maximum atomic E-state index is 14.5. The largest absolute Gasteiger partial charge is 0.419 e. The summed E-state index contributed by atoms with van der Waals surface area (Å²) in [6, 6.07) is 0.684. The summed E-state index contributed by atoms with van der Waals surface area (Å²) in [6.45, 7) is 4.27. The number of hydrogen-bond acceptors (Lipinski definition) is 9. The van der Waals surface area contributed by atoms with Crippen LogP contribution in [-0.4, -0.2) is 69.7 Å². The maximum Gasteiger partial charge on any atom is 0.419 e. The van der Waals surface area contributed by atoms with Crippen molar-refractivity contribution >= 4 is 35.9 Å². The van der Waals surface area contributed by atoms with E-state index in [2.05, 4.69) is 24.9 Å². The van der Waals surface area contributed by atoms with Gasteiger partial charge in [0.2, 0.25) is 0 Å². The number of halogens is 5. The van der Waals surface area contributed by atoms with Crippen molar-refractivity contribution in [3.8, 4) is 0 Å². The van der Waals surface area contributed by atoms with E-state index >= 15 is 0 Å².